The van der Waals surface area contributed by atoms with Crippen LogP contribution in [0.25, 0.3) is 22.2 Å². The molecular formula is C27H28N4O3. The van der Waals surface area contributed by atoms with Gasteiger partial charge in [0.1, 0.15) is 30.1 Å². The molecule has 7 heteroatoms. The van der Waals surface area contributed by atoms with E-state index in [0.29, 0.717) is 12.4 Å². The van der Waals surface area contributed by atoms with Crippen molar-refractivity contribution in [2.75, 3.05) is 12.8 Å². The Hall–Kier alpha value is -3.87. The highest BCUT2D eigenvalue weighted by Crippen LogP contribution is 2.46. The molecule has 1 saturated carbocycles. The quantitative estimate of drug-likeness (QED) is 0.396. The number of nitrogens with two attached hydrogens (primary N) is 1. The van der Waals surface area contributed by atoms with E-state index in [1.807, 2.05) is 48.5 Å². The van der Waals surface area contributed by atoms with Crippen molar-refractivity contribution in [2.24, 2.45) is 5.92 Å². The van der Waals surface area contributed by atoms with Crippen molar-refractivity contribution in [1.82, 2.24) is 14.5 Å². The molecule has 4 aromatic rings. The van der Waals surface area contributed by atoms with Gasteiger partial charge in [-0.25, -0.2) is 9.97 Å². The van der Waals surface area contributed by atoms with Crippen LogP contribution in [-0.4, -0.2) is 27.6 Å². The van der Waals surface area contributed by atoms with Gasteiger partial charge in [-0.1, -0.05) is 49.4 Å². The Kier molecular flexibility index (Phi) is 5.92. The number of carbonyl (C=O) groups is 1. The van der Waals surface area contributed by atoms with E-state index in [0.717, 1.165) is 58.4 Å². The lowest BCUT2D eigenvalue weighted by molar-refractivity contribution is -0.149. The first-order valence-electron chi connectivity index (χ1n) is 11.6. The molecule has 2 heterocycles. The van der Waals surface area contributed by atoms with E-state index in [2.05, 4.69) is 27.5 Å². The molecule has 1 aliphatic carbocycles. The average Bonchev–Trinajstić information content (AvgIpc) is 3.18. The third-order valence-corrected chi connectivity index (χ3v) is 6.63. The topological polar surface area (TPSA) is 92.3 Å². The van der Waals surface area contributed by atoms with Gasteiger partial charge in [0.15, 0.2) is 0 Å². The molecule has 0 atom stereocenters. The molecule has 2 N–H and O–H groups in total. The van der Waals surface area contributed by atoms with Gasteiger partial charge in [0, 0.05) is 17.3 Å². The lowest BCUT2D eigenvalue weighted by Gasteiger charge is -2.35. The number of methoxy groups -OCH3 is 1. The number of aromatic nitrogens is 3. The van der Waals surface area contributed by atoms with E-state index in [9.17, 15) is 4.79 Å². The number of benzene rings is 2. The molecule has 5 rings (SSSR count). The molecule has 2 aromatic heterocycles. The van der Waals surface area contributed by atoms with Crippen LogP contribution in [0.1, 0.15) is 37.1 Å². The Bertz CT molecular complexity index is 1330. The maximum atomic E-state index is 12.0. The molecule has 0 unspecified atom stereocenters. The second-order valence-corrected chi connectivity index (χ2v) is 8.65. The van der Waals surface area contributed by atoms with Crippen molar-refractivity contribution in [2.45, 2.75) is 38.8 Å². The zero-order valence-electron chi connectivity index (χ0n) is 19.4. The van der Waals surface area contributed by atoms with E-state index in [-0.39, 0.29) is 17.9 Å². The van der Waals surface area contributed by atoms with Crippen LogP contribution < -0.4 is 10.5 Å². The molecule has 7 nitrogen and oxygen atoms in total. The zero-order chi connectivity index (χ0) is 23.7. The van der Waals surface area contributed by atoms with Crippen molar-refractivity contribution in [1.29, 1.82) is 0 Å². The fraction of sp³-hybridized carbons (Fsp3) is 0.296. The SMILES string of the molecule is CCc1c(-c2cccc(OCc3ccccc3)c2)c2c(N)ncnc2n1[C@H]1C[C@@H](C(=O)OC)C1. The molecule has 0 bridgehead atoms. The fourth-order valence-corrected chi connectivity index (χ4v) is 4.90. The normalized spacial score (nSPS) is 17.4. The summed E-state index contributed by atoms with van der Waals surface area (Å²) >= 11 is 0. The van der Waals surface area contributed by atoms with Crippen LogP contribution in [-0.2, 0) is 22.6 Å². The predicted octanol–water partition coefficient (Wildman–Crippen LogP) is 4.95. The Morgan fingerprint density at radius 2 is 1.91 bits per heavy atom. The molecule has 1 aliphatic rings. The van der Waals surface area contributed by atoms with Crippen molar-refractivity contribution in [3.63, 3.8) is 0 Å². The molecule has 0 saturated heterocycles. The molecule has 0 radical (unpaired) electrons. The maximum absolute atomic E-state index is 12.0. The van der Waals surface area contributed by atoms with Gasteiger partial charge in [0.2, 0.25) is 0 Å². The second-order valence-electron chi connectivity index (χ2n) is 8.65. The Labute approximate surface area is 198 Å². The second kappa shape index (κ2) is 9.17. The van der Waals surface area contributed by atoms with Gasteiger partial charge in [0.05, 0.1) is 18.4 Å². The number of esters is 1. The highest BCUT2D eigenvalue weighted by Gasteiger charge is 2.39. The van der Waals surface area contributed by atoms with Crippen molar-refractivity contribution < 1.29 is 14.3 Å². The van der Waals surface area contributed by atoms with Gasteiger partial charge in [-0.05, 0) is 42.5 Å². The number of carbonyl (C=O) groups excluding carboxylic acids is 1. The van der Waals surface area contributed by atoms with Gasteiger partial charge in [-0.15, -0.1) is 0 Å². The number of fused-ring (bicyclic) bond motifs is 1. The number of nitrogens with zero attached hydrogens (tertiary/aromatic N) is 3. The van der Waals surface area contributed by atoms with Crippen LogP contribution >= 0.6 is 0 Å². The van der Waals surface area contributed by atoms with Crippen LogP contribution in [0, 0.1) is 5.92 Å². The summed E-state index contributed by atoms with van der Waals surface area (Å²) in [5.41, 5.74) is 11.5. The first-order chi connectivity index (χ1) is 16.6. The Morgan fingerprint density at radius 3 is 2.65 bits per heavy atom. The van der Waals surface area contributed by atoms with Gasteiger partial charge >= 0.3 is 5.97 Å². The number of hydrogen-bond acceptors (Lipinski definition) is 6. The van der Waals surface area contributed by atoms with Gasteiger partial charge in [0.25, 0.3) is 0 Å². The minimum atomic E-state index is -0.150. The van der Waals surface area contributed by atoms with Crippen molar-refractivity contribution >= 4 is 22.8 Å². The summed E-state index contributed by atoms with van der Waals surface area (Å²) < 4.78 is 13.3. The summed E-state index contributed by atoms with van der Waals surface area (Å²) in [5.74, 6) is 1.01. The number of anilines is 1. The van der Waals surface area contributed by atoms with E-state index in [4.69, 9.17) is 15.2 Å². The third-order valence-electron chi connectivity index (χ3n) is 6.63. The van der Waals surface area contributed by atoms with Crippen LogP contribution in [0.3, 0.4) is 0 Å². The Balaban J connectivity index is 1.54. The summed E-state index contributed by atoms with van der Waals surface area (Å²) in [4.78, 5) is 20.9. The molecule has 2 aromatic carbocycles. The molecule has 0 aliphatic heterocycles. The molecule has 0 spiro atoms. The zero-order valence-corrected chi connectivity index (χ0v) is 19.4. The smallest absolute Gasteiger partial charge is 0.308 e. The van der Waals surface area contributed by atoms with Crippen LogP contribution in [0.5, 0.6) is 5.75 Å². The summed E-state index contributed by atoms with van der Waals surface area (Å²) in [6.07, 6.45) is 3.76. The van der Waals surface area contributed by atoms with E-state index >= 15 is 0 Å². The summed E-state index contributed by atoms with van der Waals surface area (Å²) in [6, 6.07) is 18.3. The first-order valence-corrected chi connectivity index (χ1v) is 11.6. The Morgan fingerprint density at radius 1 is 1.12 bits per heavy atom. The molecule has 0 amide bonds. The largest absolute Gasteiger partial charge is 0.489 e. The molecule has 1 fully saturated rings. The number of ether oxygens (including phenoxy) is 2. The molecular weight excluding hydrogens is 428 g/mol. The monoisotopic (exact) mass is 456 g/mol. The third kappa shape index (κ3) is 3.87. The lowest BCUT2D eigenvalue weighted by atomic mass is 9.80. The van der Waals surface area contributed by atoms with Crippen molar-refractivity contribution in [3.05, 3.63) is 72.2 Å². The summed E-state index contributed by atoms with van der Waals surface area (Å²) in [5, 5.41) is 0.848. The van der Waals surface area contributed by atoms with Crippen LogP contribution in [0.4, 0.5) is 5.82 Å². The number of nitrogen functional groups attached to an aromatic ring is 1. The molecule has 174 valence electrons. The summed E-state index contributed by atoms with van der Waals surface area (Å²) in [7, 11) is 1.44. The van der Waals surface area contributed by atoms with E-state index < -0.39 is 0 Å². The summed E-state index contributed by atoms with van der Waals surface area (Å²) in [6.45, 7) is 2.62. The average molecular weight is 457 g/mol. The highest BCUT2D eigenvalue weighted by molar-refractivity contribution is 6.02. The van der Waals surface area contributed by atoms with Crippen LogP contribution in [0.2, 0.25) is 0 Å². The lowest BCUT2D eigenvalue weighted by Crippen LogP contribution is -2.33. The number of hydrogen-bond donors (Lipinski definition) is 1. The minimum absolute atomic E-state index is 0.0745. The fourth-order valence-electron chi connectivity index (χ4n) is 4.90. The van der Waals surface area contributed by atoms with Gasteiger partial charge < -0.3 is 19.8 Å². The van der Waals surface area contributed by atoms with Gasteiger partial charge in [-0.2, -0.15) is 0 Å². The highest BCUT2D eigenvalue weighted by atomic mass is 16.5. The van der Waals surface area contributed by atoms with Crippen molar-refractivity contribution in [3.8, 4) is 16.9 Å². The van der Waals surface area contributed by atoms with Crippen LogP contribution in [0.15, 0.2) is 60.9 Å². The molecule has 34 heavy (non-hydrogen) atoms. The standard InChI is InChI=1S/C27H28N4O3/c1-3-22-23(18-10-7-11-21(14-18)34-15-17-8-5-4-6-9-17)24-25(28)29-16-30-26(24)31(22)20-12-19(13-20)27(32)33-2/h4-11,14,16,19-20H,3,12-13,15H2,1-2H3,(H2,28,29,30)/t19-,20+. The van der Waals surface area contributed by atoms with E-state index in [1.54, 1.807) is 0 Å². The maximum Gasteiger partial charge on any atom is 0.308 e. The van der Waals surface area contributed by atoms with E-state index in [1.165, 1.54) is 13.4 Å². The van der Waals surface area contributed by atoms with Gasteiger partial charge in [-0.3, -0.25) is 4.79 Å². The minimum Gasteiger partial charge on any atom is -0.489 e. The first kappa shape index (κ1) is 21.9. The predicted molar refractivity (Wildman–Crippen MR) is 131 cm³/mol. The number of rotatable bonds is 7.